The number of amides is 1. The Balaban J connectivity index is 1.40. The van der Waals surface area contributed by atoms with Crippen LogP contribution in [0.5, 0.6) is 5.75 Å². The third kappa shape index (κ3) is 9.59. The van der Waals surface area contributed by atoms with Gasteiger partial charge in [0.05, 0.1) is 16.7 Å². The van der Waals surface area contributed by atoms with Gasteiger partial charge >= 0.3 is 0 Å². The van der Waals surface area contributed by atoms with Crippen LogP contribution in [0.3, 0.4) is 0 Å². The van der Waals surface area contributed by atoms with Crippen LogP contribution in [0.1, 0.15) is 74.4 Å². The standard InChI is InChI=1S/C39H55ClN4O7S2/c1-4-51-39(26-43-19-17-41-34(23-43)25-52(46)47)16-7-8-27(2)28(3)53(48,49)42-38(45)30-12-15-37-36(21-30)44(22-31-11-14-35(31)39)18-6-5-9-29-20-33(40)13-10-32(29)24-50-37/h7,10,12-13,15-16,20-21,27-28,31,34-35,41,52H,4-6,8-9,11,14,17-19,22-26H2,1-3H3,(H,42,45)/b16-7+/t27-,28+,31-,34+,35+,39-/m0/s1. The summed E-state index contributed by atoms with van der Waals surface area (Å²) in [6.45, 7) is 10.5. The summed E-state index contributed by atoms with van der Waals surface area (Å²) < 4.78 is 66.2. The van der Waals surface area contributed by atoms with Crippen LogP contribution in [-0.4, -0.2) is 96.2 Å². The van der Waals surface area contributed by atoms with Crippen molar-refractivity contribution < 1.29 is 31.1 Å². The van der Waals surface area contributed by atoms with Gasteiger partial charge in [0, 0.05) is 62.5 Å². The van der Waals surface area contributed by atoms with Crippen LogP contribution in [0.25, 0.3) is 0 Å². The predicted octanol–water partition coefficient (Wildman–Crippen LogP) is 4.79. The highest BCUT2D eigenvalue weighted by atomic mass is 35.5. The van der Waals surface area contributed by atoms with E-state index in [-0.39, 0.29) is 35.1 Å². The molecule has 0 unspecified atom stereocenters. The molecule has 1 amide bonds. The Hall–Kier alpha value is -2.68. The maximum atomic E-state index is 13.6. The molecule has 53 heavy (non-hydrogen) atoms. The van der Waals surface area contributed by atoms with E-state index in [1.54, 1.807) is 25.1 Å². The number of halogens is 1. The molecule has 1 aliphatic carbocycles. The van der Waals surface area contributed by atoms with Gasteiger partial charge in [-0.2, -0.15) is 0 Å². The van der Waals surface area contributed by atoms with Gasteiger partial charge in [0.1, 0.15) is 28.7 Å². The van der Waals surface area contributed by atoms with Crippen molar-refractivity contribution in [1.82, 2.24) is 14.9 Å². The first-order valence-electron chi connectivity index (χ1n) is 19.1. The number of allylic oxidation sites excluding steroid dienone is 1. The lowest BCUT2D eigenvalue weighted by molar-refractivity contribution is -0.111. The highest BCUT2D eigenvalue weighted by Crippen LogP contribution is 2.47. The van der Waals surface area contributed by atoms with Gasteiger partial charge < -0.3 is 19.7 Å². The molecule has 0 spiro atoms. The number of rotatable bonds is 6. The zero-order valence-electron chi connectivity index (χ0n) is 31.1. The highest BCUT2D eigenvalue weighted by Gasteiger charge is 2.49. The molecular formula is C39H55ClN4O7S2. The highest BCUT2D eigenvalue weighted by molar-refractivity contribution is 7.90. The maximum Gasteiger partial charge on any atom is 0.264 e. The molecule has 4 aliphatic rings. The third-order valence-corrected chi connectivity index (χ3v) is 14.7. The lowest BCUT2D eigenvalue weighted by Crippen LogP contribution is -2.60. The molecule has 3 heterocycles. The van der Waals surface area contributed by atoms with Crippen molar-refractivity contribution in [1.29, 1.82) is 0 Å². The lowest BCUT2D eigenvalue weighted by atomic mass is 9.63. The first-order chi connectivity index (χ1) is 25.4. The summed E-state index contributed by atoms with van der Waals surface area (Å²) in [6, 6.07) is 11.0. The Kier molecular flexibility index (Phi) is 13.1. The average Bonchev–Trinajstić information content (AvgIpc) is 3.12. The first kappa shape index (κ1) is 40.0. The Morgan fingerprint density at radius 3 is 2.64 bits per heavy atom. The summed E-state index contributed by atoms with van der Waals surface area (Å²) in [5, 5.41) is 3.22. The number of nitrogens with zero attached hydrogens (tertiary/aromatic N) is 2. The Morgan fingerprint density at radius 2 is 1.89 bits per heavy atom. The summed E-state index contributed by atoms with van der Waals surface area (Å²) >= 11 is 6.39. The fraction of sp³-hybridized carbons (Fsp3) is 0.615. The van der Waals surface area contributed by atoms with E-state index in [0.717, 1.165) is 62.0 Å². The minimum Gasteiger partial charge on any atom is -0.487 e. The van der Waals surface area contributed by atoms with Gasteiger partial charge in [0.2, 0.25) is 10.0 Å². The van der Waals surface area contributed by atoms with E-state index in [1.165, 1.54) is 0 Å². The second-order valence-corrected chi connectivity index (χ2v) is 18.8. The molecule has 2 aromatic rings. The van der Waals surface area contributed by atoms with Crippen molar-refractivity contribution in [2.45, 2.75) is 82.8 Å². The molecule has 11 nitrogen and oxygen atoms in total. The van der Waals surface area contributed by atoms with Crippen molar-refractivity contribution in [2.75, 3.05) is 56.5 Å². The van der Waals surface area contributed by atoms with Gasteiger partial charge in [-0.25, -0.2) is 21.6 Å². The average molecular weight is 791 g/mol. The normalized spacial score (nSPS) is 30.5. The van der Waals surface area contributed by atoms with E-state index in [9.17, 15) is 21.6 Å². The molecular weight excluding hydrogens is 736 g/mol. The molecule has 0 radical (unpaired) electrons. The number of carbonyl (C=O) groups is 1. The van der Waals surface area contributed by atoms with Crippen LogP contribution in [0.4, 0.5) is 5.69 Å². The molecule has 6 atom stereocenters. The second-order valence-electron chi connectivity index (χ2n) is 15.3. The number of sulfonamides is 1. The number of benzene rings is 2. The monoisotopic (exact) mass is 790 g/mol. The van der Waals surface area contributed by atoms with Crippen LogP contribution in [0.15, 0.2) is 48.6 Å². The first-order valence-corrected chi connectivity index (χ1v) is 22.4. The predicted molar refractivity (Wildman–Crippen MR) is 210 cm³/mol. The van der Waals surface area contributed by atoms with Gasteiger partial charge in [-0.1, -0.05) is 36.7 Å². The van der Waals surface area contributed by atoms with Crippen molar-refractivity contribution in [3.63, 3.8) is 0 Å². The molecule has 292 valence electrons. The smallest absolute Gasteiger partial charge is 0.264 e. The van der Waals surface area contributed by atoms with Crippen molar-refractivity contribution in [2.24, 2.45) is 17.8 Å². The number of anilines is 1. The summed E-state index contributed by atoms with van der Waals surface area (Å²) in [4.78, 5) is 18.3. The van der Waals surface area contributed by atoms with E-state index in [4.69, 9.17) is 21.1 Å². The zero-order chi connectivity index (χ0) is 37.8. The molecule has 2 fully saturated rings. The second kappa shape index (κ2) is 17.4. The Bertz CT molecular complexity index is 1830. The number of carbonyl (C=O) groups excluding carboxylic acids is 1. The number of ether oxygens (including phenoxy) is 2. The molecule has 3 aliphatic heterocycles. The maximum absolute atomic E-state index is 13.6. The molecule has 2 aromatic carbocycles. The number of piperazine rings is 1. The molecule has 2 bridgehead atoms. The van der Waals surface area contributed by atoms with Crippen molar-refractivity contribution in [3.05, 3.63) is 70.3 Å². The number of hydrogen-bond donors (Lipinski definition) is 3. The van der Waals surface area contributed by atoms with Gasteiger partial charge in [-0.3, -0.25) is 9.69 Å². The van der Waals surface area contributed by atoms with E-state index < -0.39 is 37.5 Å². The summed E-state index contributed by atoms with van der Waals surface area (Å²) in [5.74, 6) is 0.200. The number of thiol groups is 1. The third-order valence-electron chi connectivity index (χ3n) is 11.8. The number of nitrogens with one attached hydrogen (secondary N) is 2. The van der Waals surface area contributed by atoms with Crippen molar-refractivity contribution >= 4 is 43.9 Å². The topological polar surface area (TPSA) is 134 Å². The minimum atomic E-state index is -4.01. The molecule has 2 N–H and O–H groups in total. The fourth-order valence-electron chi connectivity index (χ4n) is 8.51. The van der Waals surface area contributed by atoms with Crippen molar-refractivity contribution in [3.8, 4) is 5.75 Å². The van der Waals surface area contributed by atoms with Crippen LogP contribution < -0.4 is 19.7 Å². The Morgan fingerprint density at radius 1 is 1.06 bits per heavy atom. The van der Waals surface area contributed by atoms with E-state index in [0.29, 0.717) is 56.6 Å². The summed E-state index contributed by atoms with van der Waals surface area (Å²) in [7, 11) is -6.52. The molecule has 1 saturated carbocycles. The van der Waals surface area contributed by atoms with Crippen LogP contribution in [-0.2, 0) is 38.5 Å². The van der Waals surface area contributed by atoms with Gasteiger partial charge in [-0.15, -0.1) is 0 Å². The van der Waals surface area contributed by atoms with Crippen LogP contribution >= 0.6 is 11.6 Å². The number of hydrogen-bond acceptors (Lipinski definition) is 10. The summed E-state index contributed by atoms with van der Waals surface area (Å²) in [5.41, 5.74) is 2.58. The largest absolute Gasteiger partial charge is 0.487 e. The molecule has 1 saturated heterocycles. The lowest BCUT2D eigenvalue weighted by Gasteiger charge is -2.52. The SMILES string of the molecule is CCO[C@]1(CN2CCN[C@@H](C[SH](=O)=O)C2)/C=C/C[C@H](C)[C@@H](C)S(=O)(=O)NC(=O)c2ccc3c(c2)N(CCCCc2cc(Cl)ccc2CO3)C[C@@H]2CC[C@H]21. The van der Waals surface area contributed by atoms with Crippen LogP contribution in [0.2, 0.25) is 5.02 Å². The number of aryl methyl sites for hydroxylation is 1. The fourth-order valence-corrected chi connectivity index (χ4v) is 10.6. The van der Waals surface area contributed by atoms with E-state index >= 15 is 0 Å². The quantitative estimate of drug-likeness (QED) is 0.277. The van der Waals surface area contributed by atoms with Gasteiger partial charge in [0.25, 0.3) is 5.91 Å². The molecule has 14 heteroatoms. The molecule has 0 aromatic heterocycles. The van der Waals surface area contributed by atoms with Crippen LogP contribution in [0, 0.1) is 17.8 Å². The van der Waals surface area contributed by atoms with Gasteiger partial charge in [-0.05, 0) is 112 Å². The Labute approximate surface area is 321 Å². The number of fused-ring (bicyclic) bond motifs is 3. The summed E-state index contributed by atoms with van der Waals surface area (Å²) in [6.07, 6.45) is 9.39. The molecule has 6 rings (SSSR count). The van der Waals surface area contributed by atoms with E-state index in [2.05, 4.69) is 32.0 Å². The van der Waals surface area contributed by atoms with E-state index in [1.807, 2.05) is 32.0 Å². The minimum absolute atomic E-state index is 0.0896. The zero-order valence-corrected chi connectivity index (χ0v) is 33.6. The van der Waals surface area contributed by atoms with Gasteiger partial charge in [0.15, 0.2) is 0 Å².